The third kappa shape index (κ3) is 7.05. The molecule has 1 aromatic heterocycles. The zero-order chi connectivity index (χ0) is 21.8. The van der Waals surface area contributed by atoms with E-state index < -0.39 is 11.7 Å². The summed E-state index contributed by atoms with van der Waals surface area (Å²) in [4.78, 5) is 36.7. The number of benzene rings is 1. The average Bonchev–Trinajstić information content (AvgIpc) is 2.96. The molecule has 0 atom stereocenters. The summed E-state index contributed by atoms with van der Waals surface area (Å²) < 4.78 is 6.87. The Morgan fingerprint density at radius 2 is 1.69 bits per heavy atom. The van der Waals surface area contributed by atoms with Crippen LogP contribution in [0.2, 0.25) is 0 Å². The number of hydrogen-bond donors (Lipinski definition) is 2. The molecule has 2 rings (SSSR count). The molecule has 158 valence electrons. The van der Waals surface area contributed by atoms with Crippen LogP contribution in [0, 0.1) is 0 Å². The number of aromatic nitrogens is 1. The van der Waals surface area contributed by atoms with E-state index >= 15 is 0 Å². The number of nitrogens with one attached hydrogen (secondary N) is 2. The number of amides is 2. The Hall–Kier alpha value is -2.61. The molecule has 2 amide bonds. The Balaban J connectivity index is 1.90. The number of nitrogens with zero attached hydrogens (tertiary/aromatic N) is 1. The van der Waals surface area contributed by atoms with Crippen LogP contribution in [0.4, 0.5) is 10.5 Å². The molecule has 1 aromatic carbocycles. The van der Waals surface area contributed by atoms with Gasteiger partial charge in [0, 0.05) is 24.7 Å². The molecule has 7 nitrogen and oxygen atoms in total. The highest BCUT2D eigenvalue weighted by Gasteiger charge is 2.18. The maximum Gasteiger partial charge on any atom is 0.407 e. The number of carbonyl (C=O) groups is 2. The van der Waals surface area contributed by atoms with Gasteiger partial charge in [-0.25, -0.2) is 4.79 Å². The van der Waals surface area contributed by atoms with Gasteiger partial charge in [0.15, 0.2) is 0 Å². The highest BCUT2D eigenvalue weighted by atomic mass is 32.1. The van der Waals surface area contributed by atoms with Gasteiger partial charge in [0.05, 0.1) is 10.4 Å². The van der Waals surface area contributed by atoms with Crippen LogP contribution in [0.15, 0.2) is 35.1 Å². The van der Waals surface area contributed by atoms with Crippen molar-refractivity contribution < 1.29 is 14.3 Å². The van der Waals surface area contributed by atoms with Gasteiger partial charge in [0.25, 0.3) is 5.56 Å². The van der Waals surface area contributed by atoms with Crippen molar-refractivity contribution in [3.63, 3.8) is 0 Å². The molecule has 8 heteroatoms. The average molecular weight is 420 g/mol. The van der Waals surface area contributed by atoms with Gasteiger partial charge >= 0.3 is 6.09 Å². The van der Waals surface area contributed by atoms with E-state index in [0.717, 1.165) is 10.4 Å². The van der Waals surface area contributed by atoms with Crippen LogP contribution in [0.3, 0.4) is 0 Å². The lowest BCUT2D eigenvalue weighted by Gasteiger charge is -2.19. The molecule has 2 aromatic rings. The van der Waals surface area contributed by atoms with E-state index in [1.807, 2.05) is 32.9 Å². The fourth-order valence-corrected chi connectivity index (χ4v) is 3.49. The first-order valence-corrected chi connectivity index (χ1v) is 10.2. The molecule has 0 saturated carbocycles. The number of rotatable bonds is 5. The summed E-state index contributed by atoms with van der Waals surface area (Å²) in [5.74, 6) is -0.211. The largest absolute Gasteiger partial charge is 0.444 e. The van der Waals surface area contributed by atoms with Crippen LogP contribution in [0.1, 0.15) is 48.0 Å². The lowest BCUT2D eigenvalue weighted by Crippen LogP contribution is -2.34. The SMILES string of the molecule is CC(C)(C)OC(=O)NCCC(=O)Nc1ccc(-c2cc(=O)n(C(C)(C)C)s2)cc1. The van der Waals surface area contributed by atoms with Gasteiger partial charge in [0.2, 0.25) is 5.91 Å². The number of carbonyl (C=O) groups excluding carboxylic acids is 2. The third-order valence-corrected chi connectivity index (χ3v) is 5.19. The molecule has 0 spiro atoms. The van der Waals surface area contributed by atoms with Crippen molar-refractivity contribution in [2.24, 2.45) is 0 Å². The zero-order valence-corrected chi connectivity index (χ0v) is 18.6. The minimum atomic E-state index is -0.574. The van der Waals surface area contributed by atoms with Crippen molar-refractivity contribution >= 4 is 29.2 Å². The molecule has 0 aliphatic rings. The molecule has 1 heterocycles. The van der Waals surface area contributed by atoms with Crippen molar-refractivity contribution in [2.45, 2.75) is 59.1 Å². The summed E-state index contributed by atoms with van der Waals surface area (Å²) in [5.41, 5.74) is 0.711. The van der Waals surface area contributed by atoms with Crippen molar-refractivity contribution in [1.82, 2.24) is 9.27 Å². The van der Waals surface area contributed by atoms with Gasteiger partial charge in [-0.15, -0.1) is 0 Å². The van der Waals surface area contributed by atoms with Gasteiger partial charge in [-0.3, -0.25) is 13.5 Å². The fourth-order valence-electron chi connectivity index (χ4n) is 2.48. The van der Waals surface area contributed by atoms with Crippen LogP contribution in [0.5, 0.6) is 0 Å². The first-order chi connectivity index (χ1) is 13.3. The minimum absolute atomic E-state index is 0.0210. The van der Waals surface area contributed by atoms with Crippen molar-refractivity contribution in [1.29, 1.82) is 0 Å². The Morgan fingerprint density at radius 3 is 2.21 bits per heavy atom. The molecule has 0 aliphatic carbocycles. The normalized spacial score (nSPS) is 11.8. The first-order valence-electron chi connectivity index (χ1n) is 9.46. The van der Waals surface area contributed by atoms with Crippen LogP contribution in [-0.4, -0.2) is 28.1 Å². The van der Waals surface area contributed by atoms with E-state index in [1.54, 1.807) is 42.9 Å². The third-order valence-electron chi connectivity index (χ3n) is 3.73. The molecule has 0 fully saturated rings. The van der Waals surface area contributed by atoms with E-state index in [9.17, 15) is 14.4 Å². The maximum absolute atomic E-state index is 12.2. The Bertz CT molecular complexity index is 915. The standard InChI is InChI=1S/C21H29N3O4S/c1-20(2,3)24-18(26)13-16(29-24)14-7-9-15(10-8-14)23-17(25)11-12-22-19(27)28-21(4,5)6/h7-10,13H,11-12H2,1-6H3,(H,22,27)(H,23,25). The summed E-state index contributed by atoms with van der Waals surface area (Å²) in [6.07, 6.45) is -0.410. The molecule has 0 aliphatic heterocycles. The summed E-state index contributed by atoms with van der Waals surface area (Å²) in [6, 6.07) is 8.95. The number of hydrogen-bond acceptors (Lipinski definition) is 5. The Morgan fingerprint density at radius 1 is 1.07 bits per heavy atom. The summed E-state index contributed by atoms with van der Waals surface area (Å²) in [5, 5.41) is 5.34. The van der Waals surface area contributed by atoms with Crippen LogP contribution in [-0.2, 0) is 15.1 Å². The minimum Gasteiger partial charge on any atom is -0.444 e. The summed E-state index contributed by atoms with van der Waals surface area (Å²) >= 11 is 1.42. The molecule has 0 bridgehead atoms. The number of alkyl carbamates (subject to hydrolysis) is 1. The number of ether oxygens (including phenoxy) is 1. The summed E-state index contributed by atoms with van der Waals surface area (Å²) in [6.45, 7) is 11.5. The van der Waals surface area contributed by atoms with Gasteiger partial charge in [-0.2, -0.15) is 0 Å². The predicted molar refractivity (Wildman–Crippen MR) is 116 cm³/mol. The monoisotopic (exact) mass is 419 g/mol. The van der Waals surface area contributed by atoms with E-state index in [2.05, 4.69) is 10.6 Å². The predicted octanol–water partition coefficient (Wildman–Crippen LogP) is 4.19. The zero-order valence-electron chi connectivity index (χ0n) is 17.8. The highest BCUT2D eigenvalue weighted by Crippen LogP contribution is 2.27. The van der Waals surface area contributed by atoms with E-state index in [0.29, 0.717) is 5.69 Å². The lowest BCUT2D eigenvalue weighted by molar-refractivity contribution is -0.116. The quantitative estimate of drug-likeness (QED) is 0.761. The molecular formula is C21H29N3O4S. The molecule has 0 unspecified atom stereocenters. The van der Waals surface area contributed by atoms with E-state index in [1.165, 1.54) is 11.5 Å². The molecule has 0 radical (unpaired) electrons. The fraction of sp³-hybridized carbons (Fsp3) is 0.476. The van der Waals surface area contributed by atoms with Gasteiger partial charge in [-0.05, 0) is 59.2 Å². The highest BCUT2D eigenvalue weighted by molar-refractivity contribution is 7.10. The second kappa shape index (κ2) is 8.82. The van der Waals surface area contributed by atoms with Crippen molar-refractivity contribution in [3.05, 3.63) is 40.7 Å². The van der Waals surface area contributed by atoms with Gasteiger partial charge in [-0.1, -0.05) is 23.7 Å². The molecule has 2 N–H and O–H groups in total. The van der Waals surface area contributed by atoms with Gasteiger partial charge in [0.1, 0.15) is 5.60 Å². The van der Waals surface area contributed by atoms with Crippen LogP contribution in [0.25, 0.3) is 10.4 Å². The molecular weight excluding hydrogens is 390 g/mol. The number of anilines is 1. The Kier molecular flexibility index (Phi) is 6.89. The second-order valence-electron chi connectivity index (χ2n) is 8.71. The summed E-state index contributed by atoms with van der Waals surface area (Å²) in [7, 11) is 0. The maximum atomic E-state index is 12.2. The van der Waals surface area contributed by atoms with Crippen LogP contribution >= 0.6 is 11.5 Å². The molecule has 29 heavy (non-hydrogen) atoms. The van der Waals surface area contributed by atoms with E-state index in [-0.39, 0.29) is 30.0 Å². The van der Waals surface area contributed by atoms with Crippen molar-refractivity contribution in [2.75, 3.05) is 11.9 Å². The topological polar surface area (TPSA) is 89.4 Å². The lowest BCUT2D eigenvalue weighted by atomic mass is 10.1. The van der Waals surface area contributed by atoms with E-state index in [4.69, 9.17) is 4.74 Å². The van der Waals surface area contributed by atoms with Crippen molar-refractivity contribution in [3.8, 4) is 10.4 Å². The molecule has 0 saturated heterocycles. The second-order valence-corrected chi connectivity index (χ2v) is 9.70. The Labute approximate surface area is 175 Å². The van der Waals surface area contributed by atoms with Crippen LogP contribution < -0.4 is 16.2 Å². The first kappa shape index (κ1) is 22.7. The smallest absolute Gasteiger partial charge is 0.407 e. The van der Waals surface area contributed by atoms with Gasteiger partial charge < -0.3 is 15.4 Å².